The third kappa shape index (κ3) is 6.24. The van der Waals surface area contributed by atoms with Crippen LogP contribution >= 0.6 is 11.9 Å². The van der Waals surface area contributed by atoms with Gasteiger partial charge in [-0.15, -0.1) is 0 Å². The standard InChI is InChI=1S/C22H29FN2O2S/c1-4-14-28-24-16-17-8-7-9-18(11-10-17)20-13-12-19(15-21(20)23)25(5-2)22(26)27-6-3/h7-8,10-13,15,24H,4-6,9,14,16H2,1-3H3. The predicted octanol–water partition coefficient (Wildman–Crippen LogP) is 5.73. The summed E-state index contributed by atoms with van der Waals surface area (Å²) < 4.78 is 23.2. The van der Waals surface area contributed by atoms with Crippen molar-refractivity contribution in [2.45, 2.75) is 33.6 Å². The molecule has 0 heterocycles. The molecule has 0 fully saturated rings. The molecule has 1 aliphatic carbocycles. The lowest BCUT2D eigenvalue weighted by atomic mass is 10.0. The largest absolute Gasteiger partial charge is 0.449 e. The minimum atomic E-state index is -0.463. The fraction of sp³-hybridized carbons (Fsp3) is 0.409. The van der Waals surface area contributed by atoms with Crippen molar-refractivity contribution in [2.24, 2.45) is 0 Å². The van der Waals surface area contributed by atoms with Crippen molar-refractivity contribution in [2.75, 3.05) is 30.3 Å². The summed E-state index contributed by atoms with van der Waals surface area (Å²) in [6, 6.07) is 4.90. The molecule has 2 rings (SSSR count). The Morgan fingerprint density at radius 1 is 1.29 bits per heavy atom. The fourth-order valence-electron chi connectivity index (χ4n) is 2.85. The molecular weight excluding hydrogens is 375 g/mol. The van der Waals surface area contributed by atoms with Gasteiger partial charge in [0.05, 0.1) is 6.61 Å². The molecule has 0 spiro atoms. The van der Waals surface area contributed by atoms with E-state index in [0.717, 1.165) is 29.9 Å². The van der Waals surface area contributed by atoms with Crippen molar-refractivity contribution in [3.05, 3.63) is 59.5 Å². The Labute approximate surface area is 171 Å². The molecule has 6 heteroatoms. The van der Waals surface area contributed by atoms with E-state index in [0.29, 0.717) is 24.2 Å². The number of rotatable bonds is 9. The van der Waals surface area contributed by atoms with Crippen LogP contribution in [0, 0.1) is 5.82 Å². The molecule has 4 nitrogen and oxygen atoms in total. The molecule has 28 heavy (non-hydrogen) atoms. The Hall–Kier alpha value is -2.05. The number of carbonyl (C=O) groups excluding carboxylic acids is 1. The number of halogens is 1. The monoisotopic (exact) mass is 404 g/mol. The summed E-state index contributed by atoms with van der Waals surface area (Å²) in [5.41, 5.74) is 3.13. The van der Waals surface area contributed by atoms with Crippen molar-refractivity contribution < 1.29 is 13.9 Å². The van der Waals surface area contributed by atoms with E-state index in [1.807, 2.05) is 19.1 Å². The molecule has 0 unspecified atom stereocenters. The summed E-state index contributed by atoms with van der Waals surface area (Å²) in [6.45, 7) is 7.22. The predicted molar refractivity (Wildman–Crippen MR) is 117 cm³/mol. The van der Waals surface area contributed by atoms with Crippen molar-refractivity contribution in [3.8, 4) is 0 Å². The Bertz CT molecular complexity index is 759. The second-order valence-corrected chi connectivity index (χ2v) is 7.30. The quantitative estimate of drug-likeness (QED) is 0.422. The molecule has 0 aliphatic heterocycles. The van der Waals surface area contributed by atoms with Gasteiger partial charge in [-0.2, -0.15) is 0 Å². The minimum absolute atomic E-state index is 0.287. The maximum Gasteiger partial charge on any atom is 0.414 e. The van der Waals surface area contributed by atoms with Gasteiger partial charge in [-0.05, 0) is 56.0 Å². The molecule has 0 atom stereocenters. The Balaban J connectivity index is 2.15. The zero-order chi connectivity index (χ0) is 20.4. The van der Waals surface area contributed by atoms with Crippen molar-refractivity contribution in [1.82, 2.24) is 4.72 Å². The second kappa shape index (κ2) is 11.7. The third-order valence-electron chi connectivity index (χ3n) is 4.27. The van der Waals surface area contributed by atoms with Crippen LogP contribution in [0.15, 0.2) is 48.1 Å². The molecule has 0 aromatic heterocycles. The van der Waals surface area contributed by atoms with Crippen LogP contribution in [0.25, 0.3) is 5.57 Å². The van der Waals surface area contributed by atoms with Gasteiger partial charge in [0.25, 0.3) is 0 Å². The summed E-state index contributed by atoms with van der Waals surface area (Å²) >= 11 is 1.72. The van der Waals surface area contributed by atoms with Crippen LogP contribution < -0.4 is 9.62 Å². The molecule has 152 valence electrons. The fourth-order valence-corrected chi connectivity index (χ4v) is 3.46. The Kier molecular flexibility index (Phi) is 9.31. The smallest absolute Gasteiger partial charge is 0.414 e. The lowest BCUT2D eigenvalue weighted by molar-refractivity contribution is 0.160. The van der Waals surface area contributed by atoms with E-state index in [1.165, 1.54) is 11.0 Å². The van der Waals surface area contributed by atoms with Crippen LogP contribution in [0.5, 0.6) is 0 Å². The second-order valence-electron chi connectivity index (χ2n) is 6.32. The van der Waals surface area contributed by atoms with E-state index < -0.39 is 6.09 Å². The molecule has 1 aromatic carbocycles. The van der Waals surface area contributed by atoms with E-state index in [4.69, 9.17) is 4.74 Å². The van der Waals surface area contributed by atoms with E-state index >= 15 is 0 Å². The molecule has 1 amide bonds. The van der Waals surface area contributed by atoms with E-state index in [-0.39, 0.29) is 12.4 Å². The van der Waals surface area contributed by atoms with Gasteiger partial charge in [0.2, 0.25) is 0 Å². The van der Waals surface area contributed by atoms with Gasteiger partial charge < -0.3 is 4.74 Å². The molecular formula is C22H29FN2O2S. The summed E-state index contributed by atoms with van der Waals surface area (Å²) in [7, 11) is 0. The van der Waals surface area contributed by atoms with Gasteiger partial charge in [-0.3, -0.25) is 9.62 Å². The number of amides is 1. The zero-order valence-electron chi connectivity index (χ0n) is 16.8. The lowest BCUT2D eigenvalue weighted by Gasteiger charge is -2.20. The first-order chi connectivity index (χ1) is 13.6. The number of carbonyl (C=O) groups is 1. The van der Waals surface area contributed by atoms with Crippen molar-refractivity contribution >= 4 is 29.3 Å². The first-order valence-electron chi connectivity index (χ1n) is 9.75. The third-order valence-corrected chi connectivity index (χ3v) is 5.23. The molecule has 1 aromatic rings. The number of hydrogen-bond acceptors (Lipinski definition) is 4. The number of anilines is 1. The van der Waals surface area contributed by atoms with Crippen LogP contribution in [-0.4, -0.2) is 31.5 Å². The van der Waals surface area contributed by atoms with Gasteiger partial charge in [0, 0.05) is 30.1 Å². The van der Waals surface area contributed by atoms with E-state index in [1.54, 1.807) is 31.0 Å². The molecule has 1 N–H and O–H groups in total. The van der Waals surface area contributed by atoms with Crippen LogP contribution in [-0.2, 0) is 4.74 Å². The lowest BCUT2D eigenvalue weighted by Crippen LogP contribution is -2.31. The first-order valence-corrected chi connectivity index (χ1v) is 10.7. The van der Waals surface area contributed by atoms with E-state index in [9.17, 15) is 9.18 Å². The van der Waals surface area contributed by atoms with Gasteiger partial charge in [-0.25, -0.2) is 9.18 Å². The average molecular weight is 405 g/mol. The SMILES string of the molecule is CCCSNCC1=CC=C(c2ccc(N(CC)C(=O)OCC)cc2F)CC=C1. The number of benzene rings is 1. The number of hydrogen-bond donors (Lipinski definition) is 1. The Morgan fingerprint density at radius 2 is 2.11 bits per heavy atom. The molecule has 0 saturated carbocycles. The highest BCUT2D eigenvalue weighted by Crippen LogP contribution is 2.28. The topological polar surface area (TPSA) is 41.6 Å². The number of ether oxygens (including phenoxy) is 1. The average Bonchev–Trinajstić information content (AvgIpc) is 2.92. The molecule has 0 bridgehead atoms. The van der Waals surface area contributed by atoms with Crippen LogP contribution in [0.4, 0.5) is 14.9 Å². The molecule has 0 radical (unpaired) electrons. The van der Waals surface area contributed by atoms with Gasteiger partial charge >= 0.3 is 6.09 Å². The molecule has 1 aliphatic rings. The number of allylic oxidation sites excluding steroid dienone is 4. The maximum absolute atomic E-state index is 14.8. The Morgan fingerprint density at radius 3 is 2.79 bits per heavy atom. The normalized spacial score (nSPS) is 13.6. The van der Waals surface area contributed by atoms with Crippen molar-refractivity contribution in [1.29, 1.82) is 0 Å². The van der Waals surface area contributed by atoms with E-state index in [2.05, 4.69) is 23.8 Å². The van der Waals surface area contributed by atoms with Gasteiger partial charge in [0.1, 0.15) is 5.82 Å². The number of nitrogens with one attached hydrogen (secondary N) is 1. The highest BCUT2D eigenvalue weighted by molar-refractivity contribution is 7.97. The summed E-state index contributed by atoms with van der Waals surface area (Å²) in [5.74, 6) is 0.740. The zero-order valence-corrected chi connectivity index (χ0v) is 17.7. The van der Waals surface area contributed by atoms with Gasteiger partial charge in [0.15, 0.2) is 0 Å². The first kappa shape index (κ1) is 22.2. The maximum atomic E-state index is 14.8. The van der Waals surface area contributed by atoms with Gasteiger partial charge in [-0.1, -0.05) is 43.2 Å². The summed E-state index contributed by atoms with van der Waals surface area (Å²) in [6.07, 6.45) is 9.47. The summed E-state index contributed by atoms with van der Waals surface area (Å²) in [4.78, 5) is 13.5. The highest BCUT2D eigenvalue weighted by Gasteiger charge is 2.17. The van der Waals surface area contributed by atoms with Crippen LogP contribution in [0.2, 0.25) is 0 Å². The van der Waals surface area contributed by atoms with Crippen LogP contribution in [0.1, 0.15) is 39.2 Å². The summed E-state index contributed by atoms with van der Waals surface area (Å²) in [5, 5.41) is 0. The minimum Gasteiger partial charge on any atom is -0.449 e. The van der Waals surface area contributed by atoms with Crippen LogP contribution in [0.3, 0.4) is 0 Å². The highest BCUT2D eigenvalue weighted by atomic mass is 32.2. The van der Waals surface area contributed by atoms with Crippen molar-refractivity contribution in [3.63, 3.8) is 0 Å². The number of nitrogens with zero attached hydrogens (tertiary/aromatic N) is 1. The molecule has 0 saturated heterocycles.